The van der Waals surface area contributed by atoms with E-state index in [1.807, 2.05) is 59.4 Å². The molecule has 3 aromatic carbocycles. The van der Waals surface area contributed by atoms with E-state index in [9.17, 15) is 14.4 Å². The van der Waals surface area contributed by atoms with Gasteiger partial charge in [0.25, 0.3) is 0 Å². The Hall–Kier alpha value is -4.74. The van der Waals surface area contributed by atoms with Crippen LogP contribution in [-0.2, 0) is 38.6 Å². The van der Waals surface area contributed by atoms with Gasteiger partial charge in [-0.1, -0.05) is 87.0 Å². The van der Waals surface area contributed by atoms with E-state index in [0.29, 0.717) is 31.8 Å². The van der Waals surface area contributed by atoms with Gasteiger partial charge in [-0.05, 0) is 52.8 Å². The first kappa shape index (κ1) is 37.5. The Balaban J connectivity index is 1.32. The third-order valence-corrected chi connectivity index (χ3v) is 9.98. The highest BCUT2D eigenvalue weighted by Crippen LogP contribution is 2.21. The summed E-state index contributed by atoms with van der Waals surface area (Å²) in [6.45, 7) is 5.68. The van der Waals surface area contributed by atoms with Gasteiger partial charge in [0, 0.05) is 36.4 Å². The number of nitrogens with one attached hydrogen (secondary N) is 2. The molecule has 0 aliphatic carbocycles. The van der Waals surface area contributed by atoms with Gasteiger partial charge >= 0.3 is 5.97 Å². The number of para-hydroxylation sites is 1. The molecule has 0 saturated heterocycles. The highest BCUT2D eigenvalue weighted by Gasteiger charge is 2.26. The van der Waals surface area contributed by atoms with E-state index in [0.717, 1.165) is 45.0 Å². The summed E-state index contributed by atoms with van der Waals surface area (Å²) >= 11 is 1.61. The Morgan fingerprint density at radius 2 is 1.71 bits per heavy atom. The molecular weight excluding hydrogens is 661 g/mol. The molecule has 10 nitrogen and oxygen atoms in total. The van der Waals surface area contributed by atoms with Crippen LogP contribution in [0, 0.1) is 5.92 Å². The van der Waals surface area contributed by atoms with Crippen LogP contribution in [0.3, 0.4) is 0 Å². The second kappa shape index (κ2) is 18.5. The van der Waals surface area contributed by atoms with Crippen molar-refractivity contribution in [2.75, 3.05) is 32.2 Å². The van der Waals surface area contributed by atoms with E-state index in [-0.39, 0.29) is 36.7 Å². The number of hydrogen-bond donors (Lipinski definition) is 2. The zero-order valence-corrected chi connectivity index (χ0v) is 30.7. The SMILES string of the molecule is CCC(C)[C@@H](CN(CC(=O)N[C@@H](CCSC)C(=O)OC)Cc1cccc2ccccc12)NC(=O)Cc1cncn1Cc1ccc2ccccc2n1. The minimum Gasteiger partial charge on any atom is -0.467 e. The summed E-state index contributed by atoms with van der Waals surface area (Å²) in [4.78, 5) is 50.9. The van der Waals surface area contributed by atoms with Crippen molar-refractivity contribution in [3.63, 3.8) is 0 Å². The van der Waals surface area contributed by atoms with Gasteiger partial charge in [0.1, 0.15) is 6.04 Å². The fourth-order valence-corrected chi connectivity index (χ4v) is 6.76. The number of ether oxygens (including phenoxy) is 1. The van der Waals surface area contributed by atoms with E-state index in [4.69, 9.17) is 9.72 Å². The highest BCUT2D eigenvalue weighted by atomic mass is 32.2. The zero-order valence-electron chi connectivity index (χ0n) is 29.9. The van der Waals surface area contributed by atoms with E-state index in [2.05, 4.69) is 64.7 Å². The molecule has 51 heavy (non-hydrogen) atoms. The van der Waals surface area contributed by atoms with Gasteiger partial charge in [-0.2, -0.15) is 11.8 Å². The number of fused-ring (bicyclic) bond motifs is 2. The van der Waals surface area contributed by atoms with Crippen molar-refractivity contribution in [3.05, 3.63) is 108 Å². The lowest BCUT2D eigenvalue weighted by Crippen LogP contribution is -2.51. The Bertz CT molecular complexity index is 1920. The van der Waals surface area contributed by atoms with Crippen molar-refractivity contribution < 1.29 is 19.1 Å². The maximum atomic E-state index is 13.7. The predicted molar refractivity (Wildman–Crippen MR) is 204 cm³/mol. The lowest BCUT2D eigenvalue weighted by atomic mass is 9.97. The van der Waals surface area contributed by atoms with Crippen LogP contribution >= 0.6 is 11.8 Å². The Morgan fingerprint density at radius 1 is 0.941 bits per heavy atom. The highest BCUT2D eigenvalue weighted by molar-refractivity contribution is 7.98. The maximum absolute atomic E-state index is 13.7. The van der Waals surface area contributed by atoms with Gasteiger partial charge in [0.15, 0.2) is 0 Å². The predicted octanol–water partition coefficient (Wildman–Crippen LogP) is 5.62. The second-order valence-electron chi connectivity index (χ2n) is 13.0. The van der Waals surface area contributed by atoms with Crippen LogP contribution in [0.1, 0.15) is 43.6 Å². The average molecular weight is 709 g/mol. The number of methoxy groups -OCH3 is 1. The van der Waals surface area contributed by atoms with Crippen LogP contribution in [0.15, 0.2) is 91.4 Å². The molecule has 0 aliphatic heterocycles. The van der Waals surface area contributed by atoms with Crippen LogP contribution in [0.4, 0.5) is 0 Å². The lowest BCUT2D eigenvalue weighted by Gasteiger charge is -2.32. The number of imidazole rings is 1. The minimum absolute atomic E-state index is 0.0459. The van der Waals surface area contributed by atoms with Crippen molar-refractivity contribution >= 4 is 51.2 Å². The Morgan fingerprint density at radius 3 is 2.49 bits per heavy atom. The summed E-state index contributed by atoms with van der Waals surface area (Å²) in [5, 5.41) is 9.51. The van der Waals surface area contributed by atoms with E-state index < -0.39 is 12.0 Å². The number of benzene rings is 3. The molecule has 2 aromatic heterocycles. The molecule has 0 spiro atoms. The van der Waals surface area contributed by atoms with Crippen molar-refractivity contribution in [2.24, 2.45) is 5.92 Å². The van der Waals surface area contributed by atoms with Crippen LogP contribution in [0.25, 0.3) is 21.7 Å². The molecule has 0 fully saturated rings. The maximum Gasteiger partial charge on any atom is 0.328 e. The minimum atomic E-state index is -0.728. The van der Waals surface area contributed by atoms with Gasteiger partial charge < -0.3 is 19.9 Å². The quantitative estimate of drug-likeness (QED) is 0.113. The number of amides is 2. The van der Waals surface area contributed by atoms with Crippen molar-refractivity contribution in [3.8, 4) is 0 Å². The molecule has 0 aliphatic rings. The van der Waals surface area contributed by atoms with Crippen molar-refractivity contribution in [1.29, 1.82) is 0 Å². The number of pyridine rings is 1. The molecular formula is C40H48N6O4S. The van der Waals surface area contributed by atoms with E-state index >= 15 is 0 Å². The van der Waals surface area contributed by atoms with Gasteiger partial charge in [0.2, 0.25) is 11.8 Å². The standard InChI is InChI=1S/C40H48N6O4S/c1-5-28(2)37(44-38(47)21-33-22-41-27-46(33)24-32-18-17-30-12-7-9-16-35(30)42-32)25-45(23-31-14-10-13-29-11-6-8-15-34(29)31)26-39(48)43-36(19-20-51-4)40(49)50-3/h6-18,22,27-28,36-37H,5,19-21,23-26H2,1-4H3,(H,43,48)(H,44,47)/t28?,36-,37+/m0/s1. The van der Waals surface area contributed by atoms with Gasteiger partial charge in [-0.3, -0.25) is 19.5 Å². The van der Waals surface area contributed by atoms with Crippen LogP contribution < -0.4 is 10.6 Å². The molecule has 5 aromatic rings. The number of esters is 1. The zero-order chi connectivity index (χ0) is 36.2. The molecule has 5 rings (SSSR count). The second-order valence-corrected chi connectivity index (χ2v) is 14.0. The summed E-state index contributed by atoms with van der Waals surface area (Å²) < 4.78 is 6.94. The van der Waals surface area contributed by atoms with E-state index in [1.165, 1.54) is 7.11 Å². The number of aromatic nitrogens is 3. The smallest absolute Gasteiger partial charge is 0.328 e. The molecule has 0 radical (unpaired) electrons. The lowest BCUT2D eigenvalue weighted by molar-refractivity contribution is -0.145. The van der Waals surface area contributed by atoms with Crippen LogP contribution in [0.2, 0.25) is 0 Å². The van der Waals surface area contributed by atoms with Crippen LogP contribution in [0.5, 0.6) is 0 Å². The van der Waals surface area contributed by atoms with Crippen molar-refractivity contribution in [2.45, 2.75) is 58.3 Å². The number of rotatable bonds is 18. The van der Waals surface area contributed by atoms with Gasteiger partial charge in [-0.25, -0.2) is 9.78 Å². The molecule has 0 bridgehead atoms. The number of nitrogens with zero attached hydrogens (tertiary/aromatic N) is 4. The molecule has 2 heterocycles. The first-order valence-corrected chi connectivity index (χ1v) is 18.9. The first-order valence-electron chi connectivity index (χ1n) is 17.5. The molecule has 11 heteroatoms. The third kappa shape index (κ3) is 10.4. The average Bonchev–Trinajstić information content (AvgIpc) is 3.57. The third-order valence-electron chi connectivity index (χ3n) is 9.33. The number of carbonyl (C=O) groups is 3. The van der Waals surface area contributed by atoms with Crippen molar-refractivity contribution in [1.82, 2.24) is 30.1 Å². The molecule has 2 N–H and O–H groups in total. The summed E-state index contributed by atoms with van der Waals surface area (Å²) in [6.07, 6.45) is 6.88. The summed E-state index contributed by atoms with van der Waals surface area (Å²) in [5.41, 5.74) is 3.68. The van der Waals surface area contributed by atoms with E-state index in [1.54, 1.807) is 24.3 Å². The summed E-state index contributed by atoms with van der Waals surface area (Å²) in [7, 11) is 1.33. The topological polar surface area (TPSA) is 118 Å². The summed E-state index contributed by atoms with van der Waals surface area (Å²) in [6, 6.07) is 25.4. The normalized spacial score (nSPS) is 13.2. The number of thioether (sulfide) groups is 1. The molecule has 3 atom stereocenters. The number of hydrogen-bond acceptors (Lipinski definition) is 8. The van der Waals surface area contributed by atoms with Gasteiger partial charge in [-0.15, -0.1) is 0 Å². The first-order chi connectivity index (χ1) is 24.8. The monoisotopic (exact) mass is 708 g/mol. The Kier molecular flexibility index (Phi) is 13.6. The summed E-state index contributed by atoms with van der Waals surface area (Å²) in [5.74, 6) is -0.0147. The Labute approximate surface area is 304 Å². The fraction of sp³-hybridized carbons (Fsp3) is 0.375. The molecule has 1 unspecified atom stereocenters. The van der Waals surface area contributed by atoms with Gasteiger partial charge in [0.05, 0.1) is 44.2 Å². The molecule has 2 amide bonds. The largest absolute Gasteiger partial charge is 0.467 e. The fourth-order valence-electron chi connectivity index (χ4n) is 6.29. The molecule has 0 saturated carbocycles. The number of carbonyl (C=O) groups excluding carboxylic acids is 3. The molecule has 268 valence electrons. The van der Waals surface area contributed by atoms with Crippen LogP contribution in [-0.4, -0.2) is 81.5 Å².